The van der Waals surface area contributed by atoms with E-state index >= 15 is 0 Å². The van der Waals surface area contributed by atoms with E-state index in [0.29, 0.717) is 19.6 Å². The molecular formula is C19H31N3O2. The number of carbonyl (C=O) groups excluding carboxylic acids is 1. The van der Waals surface area contributed by atoms with Gasteiger partial charge in [-0.2, -0.15) is 0 Å². The third-order valence-electron chi connectivity index (χ3n) is 4.78. The molecule has 2 atom stereocenters. The first-order valence-corrected chi connectivity index (χ1v) is 9.05. The van der Waals surface area contributed by atoms with Crippen LogP contribution in [0.1, 0.15) is 38.8 Å². The van der Waals surface area contributed by atoms with Gasteiger partial charge in [0.25, 0.3) is 0 Å². The van der Waals surface area contributed by atoms with Crippen molar-refractivity contribution < 1.29 is 9.90 Å². The molecule has 0 unspecified atom stereocenters. The third kappa shape index (κ3) is 4.48. The summed E-state index contributed by atoms with van der Waals surface area (Å²) in [4.78, 5) is 16.9. The number of benzene rings is 1. The van der Waals surface area contributed by atoms with Crippen molar-refractivity contribution in [2.45, 2.75) is 52.7 Å². The molecule has 2 N–H and O–H groups in total. The van der Waals surface area contributed by atoms with Crippen molar-refractivity contribution in [2.75, 3.05) is 31.5 Å². The van der Waals surface area contributed by atoms with Gasteiger partial charge in [0.15, 0.2) is 0 Å². The van der Waals surface area contributed by atoms with Crippen LogP contribution in [-0.2, 0) is 12.8 Å². The topological polar surface area (TPSA) is 55.8 Å². The van der Waals surface area contributed by atoms with Crippen LogP contribution < -0.4 is 5.32 Å². The Morgan fingerprint density at radius 1 is 1.29 bits per heavy atom. The number of para-hydroxylation sites is 1. The van der Waals surface area contributed by atoms with Crippen LogP contribution in [-0.4, -0.2) is 59.3 Å². The van der Waals surface area contributed by atoms with Crippen LogP contribution in [0.3, 0.4) is 0 Å². The maximum Gasteiger partial charge on any atom is 0.321 e. The lowest BCUT2D eigenvalue weighted by molar-refractivity contribution is 0.0590. The molecule has 2 amide bonds. The van der Waals surface area contributed by atoms with Crippen molar-refractivity contribution in [3.05, 3.63) is 29.3 Å². The monoisotopic (exact) mass is 333 g/mol. The Morgan fingerprint density at radius 3 is 2.42 bits per heavy atom. The van der Waals surface area contributed by atoms with E-state index in [1.54, 1.807) is 6.92 Å². The molecule has 0 spiro atoms. The molecule has 1 aliphatic heterocycles. The van der Waals surface area contributed by atoms with E-state index in [9.17, 15) is 9.90 Å². The van der Waals surface area contributed by atoms with Crippen LogP contribution in [0.5, 0.6) is 0 Å². The van der Waals surface area contributed by atoms with E-state index in [1.807, 2.05) is 4.90 Å². The SMILES string of the molecule is CCc1cccc(CC)c1NC(=O)N1CCN(C[C@@H](C)O)[C@H](C)C1. The Hall–Kier alpha value is -1.59. The fourth-order valence-electron chi connectivity index (χ4n) is 3.38. The smallest absolute Gasteiger partial charge is 0.321 e. The molecule has 1 saturated heterocycles. The zero-order valence-electron chi connectivity index (χ0n) is 15.4. The molecule has 0 bridgehead atoms. The highest BCUT2D eigenvalue weighted by Crippen LogP contribution is 2.23. The number of urea groups is 1. The second-order valence-electron chi connectivity index (χ2n) is 6.73. The number of aryl methyl sites for hydroxylation is 2. The Morgan fingerprint density at radius 2 is 1.92 bits per heavy atom. The minimum atomic E-state index is -0.337. The van der Waals surface area contributed by atoms with E-state index in [2.05, 4.69) is 49.2 Å². The first-order valence-electron chi connectivity index (χ1n) is 9.05. The van der Waals surface area contributed by atoms with E-state index < -0.39 is 0 Å². The summed E-state index contributed by atoms with van der Waals surface area (Å²) in [5.74, 6) is 0. The minimum Gasteiger partial charge on any atom is -0.392 e. The molecule has 0 aromatic heterocycles. The van der Waals surface area contributed by atoms with E-state index in [4.69, 9.17) is 0 Å². The van der Waals surface area contributed by atoms with Crippen molar-refractivity contribution in [3.8, 4) is 0 Å². The predicted octanol–water partition coefficient (Wildman–Crippen LogP) is 2.73. The molecule has 24 heavy (non-hydrogen) atoms. The molecule has 1 aromatic carbocycles. The quantitative estimate of drug-likeness (QED) is 0.871. The minimum absolute atomic E-state index is 0.0193. The number of aliphatic hydroxyl groups is 1. The molecule has 5 nitrogen and oxygen atoms in total. The van der Waals surface area contributed by atoms with Gasteiger partial charge < -0.3 is 15.3 Å². The molecule has 2 rings (SSSR count). The summed E-state index contributed by atoms with van der Waals surface area (Å²) in [6, 6.07) is 6.46. The lowest BCUT2D eigenvalue weighted by Gasteiger charge is -2.40. The number of hydrogen-bond acceptors (Lipinski definition) is 3. The number of nitrogens with one attached hydrogen (secondary N) is 1. The van der Waals surface area contributed by atoms with Crippen LogP contribution in [0.4, 0.5) is 10.5 Å². The summed E-state index contributed by atoms with van der Waals surface area (Å²) in [5, 5.41) is 12.7. The van der Waals surface area contributed by atoms with E-state index in [0.717, 1.165) is 25.1 Å². The van der Waals surface area contributed by atoms with E-state index in [-0.39, 0.29) is 18.2 Å². The van der Waals surface area contributed by atoms with Crippen molar-refractivity contribution >= 4 is 11.7 Å². The number of nitrogens with zero attached hydrogens (tertiary/aromatic N) is 2. The normalized spacial score (nSPS) is 20.0. The zero-order chi connectivity index (χ0) is 17.7. The van der Waals surface area contributed by atoms with Gasteiger partial charge in [-0.15, -0.1) is 0 Å². The van der Waals surface area contributed by atoms with Gasteiger partial charge in [-0.05, 0) is 37.8 Å². The molecule has 5 heteroatoms. The van der Waals surface area contributed by atoms with Crippen molar-refractivity contribution in [2.24, 2.45) is 0 Å². The van der Waals surface area contributed by atoms with Gasteiger partial charge in [0.2, 0.25) is 0 Å². The van der Waals surface area contributed by atoms with Gasteiger partial charge in [-0.3, -0.25) is 4.90 Å². The molecular weight excluding hydrogens is 302 g/mol. The van der Waals surface area contributed by atoms with Crippen molar-refractivity contribution in [1.82, 2.24) is 9.80 Å². The molecule has 0 saturated carbocycles. The Labute approximate surface area is 145 Å². The lowest BCUT2D eigenvalue weighted by atomic mass is 10.0. The summed E-state index contributed by atoms with van der Waals surface area (Å²) in [7, 11) is 0. The lowest BCUT2D eigenvalue weighted by Crippen LogP contribution is -2.55. The second kappa shape index (κ2) is 8.49. The highest BCUT2D eigenvalue weighted by Gasteiger charge is 2.27. The molecule has 1 fully saturated rings. The van der Waals surface area contributed by atoms with Gasteiger partial charge >= 0.3 is 6.03 Å². The van der Waals surface area contributed by atoms with Crippen molar-refractivity contribution in [1.29, 1.82) is 0 Å². The predicted molar refractivity (Wildman–Crippen MR) is 98.5 cm³/mol. The fraction of sp³-hybridized carbons (Fsp3) is 0.632. The number of piperazine rings is 1. The van der Waals surface area contributed by atoms with Gasteiger partial charge in [0.05, 0.1) is 6.10 Å². The summed E-state index contributed by atoms with van der Waals surface area (Å²) in [6.07, 6.45) is 1.47. The average Bonchev–Trinajstić information content (AvgIpc) is 2.56. The highest BCUT2D eigenvalue weighted by atomic mass is 16.3. The van der Waals surface area contributed by atoms with Crippen LogP contribution >= 0.6 is 0 Å². The maximum absolute atomic E-state index is 12.7. The zero-order valence-corrected chi connectivity index (χ0v) is 15.4. The van der Waals surface area contributed by atoms with Crippen molar-refractivity contribution in [3.63, 3.8) is 0 Å². The summed E-state index contributed by atoms with van der Waals surface area (Å²) in [5.41, 5.74) is 3.35. The number of anilines is 1. The van der Waals surface area contributed by atoms with Gasteiger partial charge in [0.1, 0.15) is 0 Å². The molecule has 1 heterocycles. The number of aliphatic hydroxyl groups excluding tert-OH is 1. The number of carbonyl (C=O) groups is 1. The van der Waals surface area contributed by atoms with E-state index in [1.165, 1.54) is 11.1 Å². The molecule has 0 aliphatic carbocycles. The average molecular weight is 333 g/mol. The number of hydrogen-bond donors (Lipinski definition) is 2. The first-order chi connectivity index (χ1) is 11.5. The molecule has 1 aromatic rings. The van der Waals surface area contributed by atoms with Crippen LogP contribution in [0.25, 0.3) is 0 Å². The van der Waals surface area contributed by atoms with Gasteiger partial charge in [-0.25, -0.2) is 4.79 Å². The fourth-order valence-corrected chi connectivity index (χ4v) is 3.38. The van der Waals surface area contributed by atoms with Crippen LogP contribution in [0.2, 0.25) is 0 Å². The Kier molecular flexibility index (Phi) is 6.63. The summed E-state index contributed by atoms with van der Waals surface area (Å²) < 4.78 is 0. The largest absolute Gasteiger partial charge is 0.392 e. The van der Waals surface area contributed by atoms with Crippen LogP contribution in [0.15, 0.2) is 18.2 Å². The number of β-amino-alcohol motifs (C(OH)–C–C–N with tert-alkyl or cyclic N) is 1. The second-order valence-corrected chi connectivity index (χ2v) is 6.73. The first kappa shape index (κ1) is 18.7. The Bertz CT molecular complexity index is 537. The third-order valence-corrected chi connectivity index (χ3v) is 4.78. The van der Waals surface area contributed by atoms with Gasteiger partial charge in [0, 0.05) is 37.9 Å². The summed E-state index contributed by atoms with van der Waals surface area (Å²) in [6.45, 7) is 11.0. The molecule has 0 radical (unpaired) electrons. The standard InChI is InChI=1S/C19H31N3O2/c1-5-16-8-7-9-17(6-2)18(16)20-19(24)22-11-10-21(13-15(4)23)14(3)12-22/h7-9,14-15,23H,5-6,10-13H2,1-4H3,(H,20,24)/t14-,15-/m1/s1. The van der Waals surface area contributed by atoms with Crippen LogP contribution in [0, 0.1) is 0 Å². The summed E-state index contributed by atoms with van der Waals surface area (Å²) >= 11 is 0. The van der Waals surface area contributed by atoms with Gasteiger partial charge in [-0.1, -0.05) is 32.0 Å². The number of amides is 2. The molecule has 1 aliphatic rings. The maximum atomic E-state index is 12.7. The highest BCUT2D eigenvalue weighted by molar-refractivity contribution is 5.91. The number of rotatable bonds is 5. The molecule has 134 valence electrons. The Balaban J connectivity index is 2.04.